The molecule has 1 amide bonds. The Labute approximate surface area is 164 Å². The molecule has 1 heterocycles. The summed E-state index contributed by atoms with van der Waals surface area (Å²) in [7, 11) is 1.60. The van der Waals surface area contributed by atoms with Gasteiger partial charge in [-0.15, -0.1) is 11.8 Å². The molecule has 1 saturated heterocycles. The van der Waals surface area contributed by atoms with Crippen molar-refractivity contribution in [2.24, 2.45) is 10.6 Å². The molecule has 0 aromatic carbocycles. The van der Waals surface area contributed by atoms with Gasteiger partial charge in [0.2, 0.25) is 0 Å². The van der Waals surface area contributed by atoms with E-state index < -0.39 is 12.7 Å². The van der Waals surface area contributed by atoms with Gasteiger partial charge >= 0.3 is 6.09 Å². The zero-order valence-corrected chi connectivity index (χ0v) is 19.4. The summed E-state index contributed by atoms with van der Waals surface area (Å²) in [6, 6.07) is 0. The average molecular weight is 430 g/mol. The van der Waals surface area contributed by atoms with Crippen LogP contribution in [-0.2, 0) is 25.7 Å². The van der Waals surface area contributed by atoms with E-state index in [-0.39, 0.29) is 11.0 Å². The van der Waals surface area contributed by atoms with Gasteiger partial charge < -0.3 is 9.05 Å². The lowest BCUT2D eigenvalue weighted by molar-refractivity contribution is 0.0449. The highest BCUT2D eigenvalue weighted by Gasteiger charge is 2.44. The van der Waals surface area contributed by atoms with Crippen molar-refractivity contribution in [3.8, 4) is 0 Å². The van der Waals surface area contributed by atoms with E-state index in [9.17, 15) is 4.79 Å². The molecule has 0 spiro atoms. The summed E-state index contributed by atoms with van der Waals surface area (Å²) in [5, 5.41) is 4.42. The fourth-order valence-corrected chi connectivity index (χ4v) is 6.60. The molecule has 0 aromatic rings. The van der Waals surface area contributed by atoms with E-state index in [0.29, 0.717) is 18.3 Å². The van der Waals surface area contributed by atoms with E-state index >= 15 is 0 Å². The number of nitrogens with zero attached hydrogens (tertiary/aromatic N) is 3. The van der Waals surface area contributed by atoms with Crippen LogP contribution in [0.25, 0.3) is 0 Å². The molecule has 146 valence electrons. The molecule has 7 nitrogen and oxygen atoms in total. The van der Waals surface area contributed by atoms with Crippen LogP contribution in [-0.4, -0.2) is 51.6 Å². The second-order valence-electron chi connectivity index (χ2n) is 7.37. The minimum absolute atomic E-state index is 0.0780. The lowest BCUT2D eigenvalue weighted by Gasteiger charge is -2.46. The van der Waals surface area contributed by atoms with Crippen molar-refractivity contribution in [3.05, 3.63) is 0 Å². The maximum Gasteiger partial charge on any atom is 0.446 e. The molecule has 1 aliphatic heterocycles. The zero-order chi connectivity index (χ0) is 19.5. The molecule has 0 aliphatic carbocycles. The van der Waals surface area contributed by atoms with Crippen LogP contribution in [0.1, 0.15) is 41.5 Å². The maximum absolute atomic E-state index is 12.2. The third-order valence-electron chi connectivity index (χ3n) is 3.04. The Kier molecular flexibility index (Phi) is 8.27. The normalized spacial score (nSPS) is 20.4. The van der Waals surface area contributed by atoms with Crippen LogP contribution in [0, 0.1) is 5.41 Å². The van der Waals surface area contributed by atoms with Gasteiger partial charge in [-0.25, -0.2) is 9.10 Å². The molecule has 25 heavy (non-hydrogen) atoms. The van der Waals surface area contributed by atoms with Crippen LogP contribution in [0.5, 0.6) is 0 Å². The van der Waals surface area contributed by atoms with Gasteiger partial charge in [0, 0.05) is 18.0 Å². The second-order valence-corrected chi connectivity index (χ2v) is 13.0. The molecule has 0 radical (unpaired) electrons. The van der Waals surface area contributed by atoms with Crippen LogP contribution in [0.15, 0.2) is 5.16 Å². The predicted octanol–water partition coefficient (Wildman–Crippen LogP) is 4.71. The van der Waals surface area contributed by atoms with E-state index in [4.69, 9.17) is 25.7 Å². The molecule has 0 unspecified atom stereocenters. The monoisotopic (exact) mass is 429 g/mol. The summed E-state index contributed by atoms with van der Waals surface area (Å²) in [5.74, 6) is 0. The lowest BCUT2D eigenvalue weighted by atomic mass is 9.97. The van der Waals surface area contributed by atoms with Gasteiger partial charge in [0.15, 0.2) is 0 Å². The summed E-state index contributed by atoms with van der Waals surface area (Å²) in [6.45, 7) is 10.2. The molecule has 0 atom stereocenters. The quantitative estimate of drug-likeness (QED) is 0.159. The number of amides is 1. The molecule has 0 bridgehead atoms. The van der Waals surface area contributed by atoms with Crippen LogP contribution < -0.4 is 0 Å². The molecule has 0 saturated carbocycles. The van der Waals surface area contributed by atoms with Gasteiger partial charge in [-0.1, -0.05) is 19.0 Å². The van der Waals surface area contributed by atoms with Crippen molar-refractivity contribution in [2.45, 2.75) is 47.1 Å². The van der Waals surface area contributed by atoms with Gasteiger partial charge in [-0.05, 0) is 45.8 Å². The Morgan fingerprint density at radius 3 is 2.28 bits per heavy atom. The first-order valence-corrected chi connectivity index (χ1v) is 12.3. The molecular formula is C14H28N3O4PS3. The summed E-state index contributed by atoms with van der Waals surface area (Å²) in [5.41, 5.74) is -0.458. The molecular weight excluding hydrogens is 401 g/mol. The molecule has 0 N–H and O–H groups in total. The van der Waals surface area contributed by atoms with E-state index in [1.54, 1.807) is 14.0 Å². The molecule has 0 aromatic heterocycles. The summed E-state index contributed by atoms with van der Waals surface area (Å²) >= 11 is 8.26. The van der Waals surface area contributed by atoms with E-state index in [0.717, 1.165) is 12.1 Å². The van der Waals surface area contributed by atoms with E-state index in [1.165, 1.54) is 16.1 Å². The van der Waals surface area contributed by atoms with Crippen molar-refractivity contribution in [3.63, 3.8) is 0 Å². The number of oxime groups is 1. The van der Waals surface area contributed by atoms with Crippen molar-refractivity contribution >= 4 is 53.5 Å². The largest absolute Gasteiger partial charge is 0.446 e. The fourth-order valence-electron chi connectivity index (χ4n) is 1.58. The summed E-state index contributed by atoms with van der Waals surface area (Å²) < 4.78 is 15.1. The molecule has 1 rings (SSSR count). The smallest absolute Gasteiger partial charge is 0.317 e. The first kappa shape index (κ1) is 23.2. The minimum Gasteiger partial charge on any atom is -0.317 e. The first-order chi connectivity index (χ1) is 11.3. The minimum atomic E-state index is -2.72. The van der Waals surface area contributed by atoms with Gasteiger partial charge in [0.25, 0.3) is 6.64 Å². The highest BCUT2D eigenvalue weighted by molar-refractivity contribution is 8.15. The van der Waals surface area contributed by atoms with Gasteiger partial charge in [0.05, 0.1) is 25.3 Å². The molecule has 1 fully saturated rings. The van der Waals surface area contributed by atoms with Gasteiger partial charge in [-0.3, -0.25) is 4.84 Å². The molecule has 1 aliphatic rings. The van der Waals surface area contributed by atoms with Crippen molar-refractivity contribution in [2.75, 3.05) is 26.5 Å². The topological polar surface area (TPSA) is 63.6 Å². The Morgan fingerprint density at radius 2 is 1.84 bits per heavy atom. The molecule has 11 heteroatoms. The van der Waals surface area contributed by atoms with Crippen LogP contribution in [0.3, 0.4) is 0 Å². The van der Waals surface area contributed by atoms with Crippen LogP contribution >= 0.6 is 30.5 Å². The highest BCUT2D eigenvalue weighted by Crippen LogP contribution is 2.62. The highest BCUT2D eigenvalue weighted by atomic mass is 32.5. The van der Waals surface area contributed by atoms with Crippen LogP contribution in [0.2, 0.25) is 0 Å². The van der Waals surface area contributed by atoms with Crippen molar-refractivity contribution in [1.29, 1.82) is 0 Å². The van der Waals surface area contributed by atoms with Crippen molar-refractivity contribution < 1.29 is 18.7 Å². The fraction of sp³-hybridized carbons (Fsp3) is 0.857. The third-order valence-corrected chi connectivity index (χ3v) is 9.05. The number of rotatable bonds is 4. The van der Waals surface area contributed by atoms with Gasteiger partial charge in [0.1, 0.15) is 5.04 Å². The number of thioether (sulfide) groups is 1. The summed E-state index contributed by atoms with van der Waals surface area (Å²) in [4.78, 5) is 17.1. The van der Waals surface area contributed by atoms with Crippen LogP contribution in [0.4, 0.5) is 4.79 Å². The van der Waals surface area contributed by atoms with Gasteiger partial charge in [-0.2, -0.15) is 4.08 Å². The first-order valence-electron chi connectivity index (χ1n) is 7.72. The summed E-state index contributed by atoms with van der Waals surface area (Å²) in [6.07, 6.45) is 1.27. The standard InChI is InChI=1S/C14H28N3O4PS3/c1-11(24-8)15-21-12(18)16(7)25-17(13(2,3)4)22(23)19-9-14(5,6)10-20-22/h9-10H2,1-8H3/b15-11-. The number of carbonyl (C=O) groups is 1. The number of hydrogen-bond acceptors (Lipinski definition) is 8. The average Bonchev–Trinajstić information content (AvgIpc) is 2.51. The zero-order valence-electron chi connectivity index (χ0n) is 16.1. The number of hydrogen-bond donors (Lipinski definition) is 0. The SMILES string of the molecule is CS/C(C)=N\OC(=O)N(C)SN(C(C)(C)C)P1(=S)OCC(C)(C)CO1. The third kappa shape index (κ3) is 7.01. The maximum atomic E-state index is 12.2. The Balaban J connectivity index is 2.87. The predicted molar refractivity (Wildman–Crippen MR) is 110 cm³/mol. The number of carbonyl (C=O) groups excluding carboxylic acids is 1. The Bertz CT molecular complexity index is 552. The van der Waals surface area contributed by atoms with E-state index in [1.807, 2.05) is 31.1 Å². The van der Waals surface area contributed by atoms with Crippen molar-refractivity contribution in [1.82, 2.24) is 8.38 Å². The van der Waals surface area contributed by atoms with E-state index in [2.05, 4.69) is 19.0 Å². The lowest BCUT2D eigenvalue weighted by Crippen LogP contribution is -2.41. The Hall–Kier alpha value is 0.170. The Morgan fingerprint density at radius 1 is 1.32 bits per heavy atom. The second kappa shape index (κ2) is 8.91.